The summed E-state index contributed by atoms with van der Waals surface area (Å²) in [5.74, 6) is 1.56. The van der Waals surface area contributed by atoms with E-state index in [1.807, 2.05) is 55.4 Å². The number of aromatic nitrogens is 2. The zero-order valence-electron chi connectivity index (χ0n) is 11.4. The third-order valence-electron chi connectivity index (χ3n) is 3.15. The maximum absolute atomic E-state index is 9.97. The maximum Gasteiger partial charge on any atom is 0.165 e. The predicted molar refractivity (Wildman–Crippen MR) is 81.0 cm³/mol. The molecule has 3 rings (SSSR count). The van der Waals surface area contributed by atoms with Gasteiger partial charge in [-0.05, 0) is 24.3 Å². The fourth-order valence-electron chi connectivity index (χ4n) is 2.18. The Morgan fingerprint density at radius 1 is 0.900 bits per heavy atom. The summed E-state index contributed by atoms with van der Waals surface area (Å²) in [7, 11) is 3.90. The molecule has 0 fully saturated rings. The Balaban J connectivity index is 2.30. The zero-order valence-corrected chi connectivity index (χ0v) is 11.4. The van der Waals surface area contributed by atoms with Gasteiger partial charge in [0.05, 0.1) is 11.1 Å². The van der Waals surface area contributed by atoms with Crippen LogP contribution >= 0.6 is 0 Å². The first-order valence-corrected chi connectivity index (χ1v) is 6.39. The normalized spacial score (nSPS) is 10.7. The summed E-state index contributed by atoms with van der Waals surface area (Å²) in [4.78, 5) is 11.1. The number of rotatable bonds is 2. The van der Waals surface area contributed by atoms with Crippen molar-refractivity contribution in [2.24, 2.45) is 0 Å². The molecule has 0 radical (unpaired) electrons. The Bertz CT molecular complexity index is 769. The van der Waals surface area contributed by atoms with Crippen LogP contribution in [0.3, 0.4) is 0 Å². The van der Waals surface area contributed by atoms with Crippen LogP contribution in [0.15, 0.2) is 48.5 Å². The van der Waals surface area contributed by atoms with Gasteiger partial charge in [0.15, 0.2) is 5.82 Å². The van der Waals surface area contributed by atoms with E-state index in [9.17, 15) is 5.11 Å². The molecule has 0 aliphatic rings. The minimum absolute atomic E-state index is 0.187. The third-order valence-corrected chi connectivity index (χ3v) is 3.15. The molecule has 0 amide bonds. The van der Waals surface area contributed by atoms with Crippen LogP contribution < -0.4 is 4.90 Å². The quantitative estimate of drug-likeness (QED) is 0.773. The molecule has 1 N–H and O–H groups in total. The van der Waals surface area contributed by atoms with E-state index in [2.05, 4.69) is 9.97 Å². The second-order valence-electron chi connectivity index (χ2n) is 4.80. The average Bonchev–Trinajstić information content (AvgIpc) is 2.46. The lowest BCUT2D eigenvalue weighted by molar-refractivity contribution is 0.477. The third kappa shape index (κ3) is 2.05. The van der Waals surface area contributed by atoms with Gasteiger partial charge in [-0.1, -0.05) is 24.3 Å². The smallest absolute Gasteiger partial charge is 0.165 e. The Labute approximate surface area is 117 Å². The van der Waals surface area contributed by atoms with E-state index in [-0.39, 0.29) is 5.75 Å². The van der Waals surface area contributed by atoms with Crippen LogP contribution in [-0.4, -0.2) is 29.2 Å². The van der Waals surface area contributed by atoms with Gasteiger partial charge in [-0.15, -0.1) is 0 Å². The van der Waals surface area contributed by atoms with Crippen molar-refractivity contribution >= 4 is 16.7 Å². The second-order valence-corrected chi connectivity index (χ2v) is 4.80. The molecule has 4 heteroatoms. The van der Waals surface area contributed by atoms with Crippen molar-refractivity contribution in [2.45, 2.75) is 0 Å². The average molecular weight is 265 g/mol. The summed E-state index contributed by atoms with van der Waals surface area (Å²) < 4.78 is 0. The standard InChI is InChI=1S/C16H15N3O/c1-19(2)16-11-7-3-5-9-13(11)17-15(18-16)12-8-4-6-10-14(12)20/h3-10,20H,1-2H3. The first kappa shape index (κ1) is 12.4. The maximum atomic E-state index is 9.97. The van der Waals surface area contributed by atoms with Crippen LogP contribution in [0.4, 0.5) is 5.82 Å². The van der Waals surface area contributed by atoms with Crippen molar-refractivity contribution in [3.8, 4) is 17.1 Å². The molecule has 0 aliphatic heterocycles. The highest BCUT2D eigenvalue weighted by atomic mass is 16.3. The van der Waals surface area contributed by atoms with Gasteiger partial charge in [-0.25, -0.2) is 9.97 Å². The Morgan fingerprint density at radius 3 is 2.35 bits per heavy atom. The molecule has 1 heterocycles. The molecule has 0 saturated heterocycles. The summed E-state index contributed by atoms with van der Waals surface area (Å²) in [6.45, 7) is 0. The lowest BCUT2D eigenvalue weighted by atomic mass is 10.1. The van der Waals surface area contributed by atoms with E-state index in [1.165, 1.54) is 0 Å². The first-order valence-electron chi connectivity index (χ1n) is 6.39. The summed E-state index contributed by atoms with van der Waals surface area (Å²) in [5, 5.41) is 11.0. The van der Waals surface area contributed by atoms with E-state index in [0.29, 0.717) is 11.4 Å². The number of aromatic hydroxyl groups is 1. The van der Waals surface area contributed by atoms with E-state index < -0.39 is 0 Å². The van der Waals surface area contributed by atoms with Crippen molar-refractivity contribution < 1.29 is 5.11 Å². The molecule has 0 spiro atoms. The number of phenols is 1. The lowest BCUT2D eigenvalue weighted by Crippen LogP contribution is -2.12. The van der Waals surface area contributed by atoms with Gasteiger partial charge >= 0.3 is 0 Å². The van der Waals surface area contributed by atoms with Gasteiger partial charge in [-0.3, -0.25) is 0 Å². The molecule has 1 aromatic heterocycles. The molecule has 2 aromatic carbocycles. The van der Waals surface area contributed by atoms with Crippen LogP contribution in [-0.2, 0) is 0 Å². The molecule has 3 aromatic rings. The highest BCUT2D eigenvalue weighted by Crippen LogP contribution is 2.30. The number of hydrogen-bond acceptors (Lipinski definition) is 4. The van der Waals surface area contributed by atoms with Crippen LogP contribution in [0.2, 0.25) is 0 Å². The molecular weight excluding hydrogens is 250 g/mol. The number of benzene rings is 2. The molecule has 4 nitrogen and oxygen atoms in total. The van der Waals surface area contributed by atoms with Crippen molar-refractivity contribution in [2.75, 3.05) is 19.0 Å². The number of fused-ring (bicyclic) bond motifs is 1. The first-order chi connectivity index (χ1) is 9.66. The highest BCUT2D eigenvalue weighted by molar-refractivity contribution is 5.91. The van der Waals surface area contributed by atoms with E-state index >= 15 is 0 Å². The zero-order chi connectivity index (χ0) is 14.1. The number of hydrogen-bond donors (Lipinski definition) is 1. The van der Waals surface area contributed by atoms with Gasteiger partial charge in [0.2, 0.25) is 0 Å². The van der Waals surface area contributed by atoms with E-state index in [4.69, 9.17) is 0 Å². The highest BCUT2D eigenvalue weighted by Gasteiger charge is 2.12. The minimum atomic E-state index is 0.187. The number of phenolic OH excluding ortho intramolecular Hbond substituents is 1. The Morgan fingerprint density at radius 2 is 1.60 bits per heavy atom. The van der Waals surface area contributed by atoms with Crippen LogP contribution in [0.5, 0.6) is 5.75 Å². The van der Waals surface area contributed by atoms with Gasteiger partial charge in [0.1, 0.15) is 11.6 Å². The monoisotopic (exact) mass is 265 g/mol. The van der Waals surface area contributed by atoms with Crippen molar-refractivity contribution in [1.29, 1.82) is 0 Å². The van der Waals surface area contributed by atoms with E-state index in [1.54, 1.807) is 12.1 Å². The van der Waals surface area contributed by atoms with Crippen LogP contribution in [0, 0.1) is 0 Å². The number of anilines is 1. The van der Waals surface area contributed by atoms with Crippen molar-refractivity contribution in [3.63, 3.8) is 0 Å². The molecule has 20 heavy (non-hydrogen) atoms. The van der Waals surface area contributed by atoms with Crippen LogP contribution in [0.1, 0.15) is 0 Å². The van der Waals surface area contributed by atoms with Gasteiger partial charge < -0.3 is 10.0 Å². The second kappa shape index (κ2) is 4.81. The Hall–Kier alpha value is -2.62. The van der Waals surface area contributed by atoms with Gasteiger partial charge in [0.25, 0.3) is 0 Å². The predicted octanol–water partition coefficient (Wildman–Crippen LogP) is 3.07. The Kier molecular flexibility index (Phi) is 2.99. The van der Waals surface area contributed by atoms with Crippen LogP contribution in [0.25, 0.3) is 22.3 Å². The molecule has 0 atom stereocenters. The largest absolute Gasteiger partial charge is 0.507 e. The molecule has 0 unspecified atom stereocenters. The molecular formula is C16H15N3O. The number of nitrogens with zero attached hydrogens (tertiary/aromatic N) is 3. The number of para-hydroxylation sites is 2. The molecule has 100 valence electrons. The molecule has 0 bridgehead atoms. The fourth-order valence-corrected chi connectivity index (χ4v) is 2.18. The summed E-state index contributed by atoms with van der Waals surface area (Å²) in [6.07, 6.45) is 0. The van der Waals surface area contributed by atoms with Crippen molar-refractivity contribution in [1.82, 2.24) is 9.97 Å². The SMILES string of the molecule is CN(C)c1nc(-c2ccccc2O)nc2ccccc12. The molecule has 0 aliphatic carbocycles. The lowest BCUT2D eigenvalue weighted by Gasteiger charge is -2.15. The minimum Gasteiger partial charge on any atom is -0.507 e. The van der Waals surface area contributed by atoms with Gasteiger partial charge in [0, 0.05) is 19.5 Å². The van der Waals surface area contributed by atoms with Crippen molar-refractivity contribution in [3.05, 3.63) is 48.5 Å². The summed E-state index contributed by atoms with van der Waals surface area (Å²) >= 11 is 0. The molecule has 0 saturated carbocycles. The fraction of sp³-hybridized carbons (Fsp3) is 0.125. The van der Waals surface area contributed by atoms with Gasteiger partial charge in [-0.2, -0.15) is 0 Å². The summed E-state index contributed by atoms with van der Waals surface area (Å²) in [6, 6.07) is 15.0. The van der Waals surface area contributed by atoms with E-state index in [0.717, 1.165) is 16.7 Å². The topological polar surface area (TPSA) is 49.2 Å². The summed E-state index contributed by atoms with van der Waals surface area (Å²) in [5.41, 5.74) is 1.51.